The molecular formula is C72H120O6. The van der Waals surface area contributed by atoms with Crippen molar-refractivity contribution in [2.75, 3.05) is 13.2 Å². The maximum Gasteiger partial charge on any atom is 0.306 e. The molecule has 0 saturated carbocycles. The number of rotatable bonds is 58. The minimum atomic E-state index is -0.788. The topological polar surface area (TPSA) is 78.9 Å². The lowest BCUT2D eigenvalue weighted by Gasteiger charge is -2.18. The van der Waals surface area contributed by atoms with Gasteiger partial charge >= 0.3 is 17.9 Å². The Kier molecular flexibility index (Phi) is 61.8. The molecule has 0 N–H and O–H groups in total. The van der Waals surface area contributed by atoms with Gasteiger partial charge in [-0.05, 0) is 109 Å². The van der Waals surface area contributed by atoms with E-state index in [0.29, 0.717) is 19.3 Å². The highest BCUT2D eigenvalue weighted by atomic mass is 16.6. The van der Waals surface area contributed by atoms with Crippen LogP contribution in [-0.4, -0.2) is 37.2 Å². The number of allylic oxidation sites excluding steroid dienone is 20. The van der Waals surface area contributed by atoms with Gasteiger partial charge in [0, 0.05) is 19.3 Å². The number of hydrogen-bond acceptors (Lipinski definition) is 6. The van der Waals surface area contributed by atoms with Crippen molar-refractivity contribution in [3.63, 3.8) is 0 Å². The molecule has 6 heteroatoms. The Morgan fingerprint density at radius 1 is 0.269 bits per heavy atom. The Bertz CT molecular complexity index is 1620. The van der Waals surface area contributed by atoms with Gasteiger partial charge in [-0.2, -0.15) is 0 Å². The fourth-order valence-electron chi connectivity index (χ4n) is 8.85. The molecule has 0 rings (SSSR count). The van der Waals surface area contributed by atoms with Crippen LogP contribution in [-0.2, 0) is 28.6 Å². The first-order chi connectivity index (χ1) is 38.5. The van der Waals surface area contributed by atoms with Crippen molar-refractivity contribution in [2.45, 2.75) is 303 Å². The first-order valence-electron chi connectivity index (χ1n) is 32.5. The van der Waals surface area contributed by atoms with Gasteiger partial charge in [0.2, 0.25) is 0 Å². The summed E-state index contributed by atoms with van der Waals surface area (Å²) >= 11 is 0. The van der Waals surface area contributed by atoms with Crippen LogP contribution in [0.15, 0.2) is 122 Å². The Morgan fingerprint density at radius 2 is 0.526 bits per heavy atom. The van der Waals surface area contributed by atoms with Crippen LogP contribution in [0.1, 0.15) is 297 Å². The summed E-state index contributed by atoms with van der Waals surface area (Å²) in [5.74, 6) is -0.901. The SMILES string of the molecule is CC/C=C\C/C=C\C/C=C\C/C=C\C/C=C\C/C=C\C/C=C\C/C=C\CCCCCCCCCCC(=O)OCC(COC(=O)CCCCCCC/C=C\C/C=C\CCC)OC(=O)CCCCCCCCCCCCCCCC. The van der Waals surface area contributed by atoms with Crippen LogP contribution in [0, 0.1) is 0 Å². The van der Waals surface area contributed by atoms with E-state index in [9.17, 15) is 14.4 Å². The molecule has 0 aliphatic rings. The van der Waals surface area contributed by atoms with E-state index in [1.54, 1.807) is 0 Å². The van der Waals surface area contributed by atoms with Gasteiger partial charge in [-0.15, -0.1) is 0 Å². The molecule has 0 aromatic heterocycles. The van der Waals surface area contributed by atoms with Crippen molar-refractivity contribution in [1.82, 2.24) is 0 Å². The maximum atomic E-state index is 12.9. The molecule has 0 aliphatic heterocycles. The highest BCUT2D eigenvalue weighted by Crippen LogP contribution is 2.16. The highest BCUT2D eigenvalue weighted by Gasteiger charge is 2.19. The third-order valence-electron chi connectivity index (χ3n) is 13.7. The van der Waals surface area contributed by atoms with E-state index in [0.717, 1.165) is 148 Å². The van der Waals surface area contributed by atoms with Gasteiger partial charge in [0.15, 0.2) is 6.10 Å². The van der Waals surface area contributed by atoms with Crippen LogP contribution >= 0.6 is 0 Å². The molecule has 1 atom stereocenters. The third-order valence-corrected chi connectivity index (χ3v) is 13.7. The molecule has 0 aromatic carbocycles. The summed E-state index contributed by atoms with van der Waals surface area (Å²) in [6.45, 7) is 6.46. The largest absolute Gasteiger partial charge is 0.462 e. The maximum absolute atomic E-state index is 12.9. The van der Waals surface area contributed by atoms with Gasteiger partial charge in [-0.25, -0.2) is 0 Å². The van der Waals surface area contributed by atoms with Crippen LogP contribution < -0.4 is 0 Å². The lowest BCUT2D eigenvalue weighted by Crippen LogP contribution is -2.30. The monoisotopic (exact) mass is 1080 g/mol. The molecule has 0 radical (unpaired) electrons. The summed E-state index contributed by atoms with van der Waals surface area (Å²) in [5.41, 5.74) is 0. The van der Waals surface area contributed by atoms with Crippen LogP contribution in [0.25, 0.3) is 0 Å². The van der Waals surface area contributed by atoms with E-state index in [1.165, 1.54) is 109 Å². The van der Waals surface area contributed by atoms with E-state index < -0.39 is 6.10 Å². The van der Waals surface area contributed by atoms with Crippen molar-refractivity contribution in [1.29, 1.82) is 0 Å². The lowest BCUT2D eigenvalue weighted by atomic mass is 10.0. The van der Waals surface area contributed by atoms with E-state index in [1.807, 2.05) is 0 Å². The van der Waals surface area contributed by atoms with Crippen molar-refractivity contribution in [3.8, 4) is 0 Å². The fraction of sp³-hybridized carbons (Fsp3) is 0.681. The number of hydrogen-bond donors (Lipinski definition) is 0. The van der Waals surface area contributed by atoms with Gasteiger partial charge in [-0.1, -0.05) is 290 Å². The number of unbranched alkanes of at least 4 members (excludes halogenated alkanes) is 27. The fourth-order valence-corrected chi connectivity index (χ4v) is 8.85. The predicted molar refractivity (Wildman–Crippen MR) is 339 cm³/mol. The zero-order valence-corrected chi connectivity index (χ0v) is 50.9. The number of esters is 3. The first-order valence-corrected chi connectivity index (χ1v) is 32.5. The van der Waals surface area contributed by atoms with Gasteiger partial charge in [0.25, 0.3) is 0 Å². The van der Waals surface area contributed by atoms with Gasteiger partial charge in [0.1, 0.15) is 13.2 Å². The summed E-state index contributed by atoms with van der Waals surface area (Å²) in [6, 6.07) is 0. The van der Waals surface area contributed by atoms with Gasteiger partial charge < -0.3 is 14.2 Å². The van der Waals surface area contributed by atoms with Crippen LogP contribution in [0.3, 0.4) is 0 Å². The Hall–Kier alpha value is -4.19. The summed E-state index contributed by atoms with van der Waals surface area (Å²) in [6.07, 6.45) is 90.6. The molecule has 0 saturated heterocycles. The van der Waals surface area contributed by atoms with E-state index in [4.69, 9.17) is 14.2 Å². The smallest absolute Gasteiger partial charge is 0.306 e. The minimum Gasteiger partial charge on any atom is -0.462 e. The lowest BCUT2D eigenvalue weighted by molar-refractivity contribution is -0.167. The summed E-state index contributed by atoms with van der Waals surface area (Å²) in [7, 11) is 0. The number of ether oxygens (including phenoxy) is 3. The average Bonchev–Trinajstić information content (AvgIpc) is 3.44. The van der Waals surface area contributed by atoms with Crippen molar-refractivity contribution in [3.05, 3.63) is 122 Å². The average molecular weight is 1080 g/mol. The van der Waals surface area contributed by atoms with Crippen molar-refractivity contribution >= 4 is 17.9 Å². The van der Waals surface area contributed by atoms with Crippen LogP contribution in [0.5, 0.6) is 0 Å². The molecule has 0 aromatic rings. The molecule has 0 fully saturated rings. The quantitative estimate of drug-likeness (QED) is 0.0261. The van der Waals surface area contributed by atoms with E-state index >= 15 is 0 Å². The molecule has 0 amide bonds. The van der Waals surface area contributed by atoms with Crippen LogP contribution in [0.4, 0.5) is 0 Å². The van der Waals surface area contributed by atoms with E-state index in [-0.39, 0.29) is 31.1 Å². The predicted octanol–water partition coefficient (Wildman–Crippen LogP) is 22.4. The summed E-state index contributed by atoms with van der Waals surface area (Å²) in [4.78, 5) is 38.2. The number of carbonyl (C=O) groups excluding carboxylic acids is 3. The zero-order valence-electron chi connectivity index (χ0n) is 50.9. The number of carbonyl (C=O) groups is 3. The normalized spacial score (nSPS) is 12.9. The van der Waals surface area contributed by atoms with Crippen LogP contribution in [0.2, 0.25) is 0 Å². The van der Waals surface area contributed by atoms with Gasteiger partial charge in [0.05, 0.1) is 0 Å². The second kappa shape index (κ2) is 65.3. The Balaban J connectivity index is 4.25. The van der Waals surface area contributed by atoms with Crippen molar-refractivity contribution in [2.24, 2.45) is 0 Å². The minimum absolute atomic E-state index is 0.0863. The molecule has 444 valence electrons. The van der Waals surface area contributed by atoms with Crippen molar-refractivity contribution < 1.29 is 28.6 Å². The summed E-state index contributed by atoms with van der Waals surface area (Å²) in [5, 5.41) is 0. The second-order valence-corrected chi connectivity index (χ2v) is 21.3. The molecule has 0 spiro atoms. The molecule has 1 unspecified atom stereocenters. The summed E-state index contributed by atoms with van der Waals surface area (Å²) < 4.78 is 16.9. The molecule has 0 heterocycles. The standard InChI is InChI=1S/C72H120O6/c1-4-7-10-13-16-19-22-25-27-28-29-30-31-32-33-34-35-36-37-38-39-40-41-42-43-44-45-48-50-53-56-59-62-65-71(74)77-68-69(67-76-70(73)64-61-58-55-52-49-46-24-21-18-15-12-9-6-3)78-72(75)66-63-60-57-54-51-47-26-23-20-17-14-11-8-5-2/h7,10,12,15-16,19,21,24-25,27,29-30,32-33,35-36,38-39,41-42,69H,4-6,8-9,11,13-14,17-18,20,22-23,26,28,31,34,37,40,43-68H2,1-3H3/b10-7-,15-12-,19-16-,24-21-,27-25-,30-29-,33-32-,36-35-,39-38-,42-41-. The van der Waals surface area contributed by atoms with E-state index in [2.05, 4.69) is 142 Å². The molecule has 78 heavy (non-hydrogen) atoms. The Labute approximate surface area is 482 Å². The third kappa shape index (κ3) is 62.7. The zero-order chi connectivity index (χ0) is 56.4. The molecule has 6 nitrogen and oxygen atoms in total. The Morgan fingerprint density at radius 3 is 0.833 bits per heavy atom. The second-order valence-electron chi connectivity index (χ2n) is 21.3. The van der Waals surface area contributed by atoms with Gasteiger partial charge in [-0.3, -0.25) is 14.4 Å². The molecular weight excluding hydrogens is 961 g/mol. The first kappa shape index (κ1) is 73.8. The molecule has 0 bridgehead atoms. The molecule has 0 aliphatic carbocycles. The highest BCUT2D eigenvalue weighted by molar-refractivity contribution is 5.71.